The van der Waals surface area contributed by atoms with E-state index in [4.69, 9.17) is 23.2 Å². The molecule has 0 bridgehead atoms. The minimum absolute atomic E-state index is 0.190. The Bertz CT molecular complexity index is 323. The van der Waals surface area contributed by atoms with Gasteiger partial charge >= 0.3 is 0 Å². The van der Waals surface area contributed by atoms with E-state index in [-0.39, 0.29) is 5.38 Å². The highest BCUT2D eigenvalue weighted by atomic mass is 79.9. The number of halogens is 3. The van der Waals surface area contributed by atoms with Crippen LogP contribution >= 0.6 is 39.1 Å². The molecule has 2 atom stereocenters. The highest BCUT2D eigenvalue weighted by molar-refractivity contribution is 9.10. The van der Waals surface area contributed by atoms with Crippen molar-refractivity contribution in [3.8, 4) is 0 Å². The highest BCUT2D eigenvalue weighted by Gasteiger charge is 2.15. The minimum atomic E-state index is 0.190. The van der Waals surface area contributed by atoms with Crippen molar-refractivity contribution in [2.24, 2.45) is 5.92 Å². The van der Waals surface area contributed by atoms with Gasteiger partial charge in [-0.2, -0.15) is 0 Å². The topological polar surface area (TPSA) is 0 Å². The van der Waals surface area contributed by atoms with Crippen LogP contribution in [0.25, 0.3) is 0 Å². The molecule has 0 heterocycles. The van der Waals surface area contributed by atoms with Crippen molar-refractivity contribution in [3.63, 3.8) is 0 Å². The predicted molar refractivity (Wildman–Crippen MR) is 72.0 cm³/mol. The molecule has 0 aromatic heterocycles. The van der Waals surface area contributed by atoms with Crippen molar-refractivity contribution >= 4 is 39.1 Å². The number of rotatable bonds is 4. The summed E-state index contributed by atoms with van der Waals surface area (Å²) in [5.41, 5.74) is 1.18. The third-order valence-electron chi connectivity index (χ3n) is 2.67. The molecule has 0 nitrogen and oxygen atoms in total. The Hall–Kier alpha value is 0.280. The third-order valence-corrected chi connectivity index (χ3v) is 3.87. The van der Waals surface area contributed by atoms with E-state index in [0.717, 1.165) is 22.3 Å². The number of hydrogen-bond donors (Lipinski definition) is 0. The third kappa shape index (κ3) is 3.97. The molecule has 0 N–H and O–H groups in total. The van der Waals surface area contributed by atoms with Crippen LogP contribution in [0.1, 0.15) is 25.8 Å². The van der Waals surface area contributed by atoms with Crippen LogP contribution in [-0.2, 0) is 6.42 Å². The first-order valence-corrected chi connectivity index (χ1v) is 6.73. The lowest BCUT2D eigenvalue weighted by molar-refractivity contribution is 0.497. The fourth-order valence-electron chi connectivity index (χ4n) is 1.60. The van der Waals surface area contributed by atoms with Crippen molar-refractivity contribution in [2.45, 2.75) is 32.1 Å². The molecule has 1 rings (SSSR count). The van der Waals surface area contributed by atoms with Crippen molar-refractivity contribution in [3.05, 3.63) is 33.3 Å². The van der Waals surface area contributed by atoms with E-state index in [2.05, 4.69) is 28.9 Å². The molecule has 1 aromatic rings. The molecule has 0 aliphatic rings. The van der Waals surface area contributed by atoms with Crippen molar-refractivity contribution < 1.29 is 0 Å². The van der Waals surface area contributed by atoms with Crippen LogP contribution in [0.2, 0.25) is 5.02 Å². The number of hydrogen-bond acceptors (Lipinski definition) is 0. The first kappa shape index (κ1) is 13.3. The van der Waals surface area contributed by atoms with Gasteiger partial charge in [0, 0.05) is 14.9 Å². The molecular weight excluding hydrogens is 295 g/mol. The second-order valence-corrected chi connectivity index (χ2v) is 5.80. The molecule has 0 fully saturated rings. The summed E-state index contributed by atoms with van der Waals surface area (Å²) in [6.07, 6.45) is 2.03. The largest absolute Gasteiger partial charge is 0.123 e. The molecule has 0 aliphatic carbocycles. The van der Waals surface area contributed by atoms with Crippen molar-refractivity contribution in [1.82, 2.24) is 0 Å². The molecular formula is C12H15BrCl2. The van der Waals surface area contributed by atoms with E-state index in [0.29, 0.717) is 5.92 Å². The van der Waals surface area contributed by atoms with Crippen LogP contribution in [0, 0.1) is 5.92 Å². The van der Waals surface area contributed by atoms with Crippen LogP contribution in [-0.4, -0.2) is 5.38 Å². The summed E-state index contributed by atoms with van der Waals surface area (Å²) in [5.74, 6) is 0.491. The maximum atomic E-state index is 6.16. The van der Waals surface area contributed by atoms with E-state index in [1.165, 1.54) is 5.56 Å². The van der Waals surface area contributed by atoms with Gasteiger partial charge in [-0.3, -0.25) is 0 Å². The van der Waals surface area contributed by atoms with E-state index >= 15 is 0 Å². The van der Waals surface area contributed by atoms with E-state index in [9.17, 15) is 0 Å². The molecule has 0 saturated carbocycles. The second kappa shape index (κ2) is 6.12. The van der Waals surface area contributed by atoms with Gasteiger partial charge in [-0.15, -0.1) is 11.6 Å². The summed E-state index contributed by atoms with van der Waals surface area (Å²) in [4.78, 5) is 0. The molecule has 3 heteroatoms. The smallest absolute Gasteiger partial charge is 0.0449 e. The van der Waals surface area contributed by atoms with Gasteiger partial charge < -0.3 is 0 Å². The summed E-state index contributed by atoms with van der Waals surface area (Å²) in [6, 6.07) is 6.02. The summed E-state index contributed by atoms with van der Waals surface area (Å²) in [5, 5.41) is 1.01. The van der Waals surface area contributed by atoms with E-state index in [1.807, 2.05) is 19.1 Å². The Kier molecular flexibility index (Phi) is 5.45. The van der Waals surface area contributed by atoms with Crippen LogP contribution < -0.4 is 0 Å². The zero-order valence-electron chi connectivity index (χ0n) is 8.93. The van der Waals surface area contributed by atoms with Crippen LogP contribution in [0.4, 0.5) is 0 Å². The normalized spacial score (nSPS) is 15.0. The molecule has 0 amide bonds. The number of benzene rings is 1. The Morgan fingerprint density at radius 3 is 2.53 bits per heavy atom. The van der Waals surface area contributed by atoms with Gasteiger partial charge in [-0.1, -0.05) is 46.9 Å². The van der Waals surface area contributed by atoms with Gasteiger partial charge in [-0.25, -0.2) is 0 Å². The Balaban J connectivity index is 2.79. The minimum Gasteiger partial charge on any atom is -0.123 e. The van der Waals surface area contributed by atoms with E-state index < -0.39 is 0 Å². The van der Waals surface area contributed by atoms with E-state index in [1.54, 1.807) is 0 Å². The molecule has 0 aliphatic heterocycles. The molecule has 0 saturated heterocycles. The Morgan fingerprint density at radius 1 is 1.40 bits per heavy atom. The fraction of sp³-hybridized carbons (Fsp3) is 0.500. The second-order valence-electron chi connectivity index (χ2n) is 3.79. The maximum Gasteiger partial charge on any atom is 0.0449 e. The molecule has 1 aromatic carbocycles. The van der Waals surface area contributed by atoms with Gasteiger partial charge in [0.05, 0.1) is 0 Å². The van der Waals surface area contributed by atoms with Crippen molar-refractivity contribution in [1.29, 1.82) is 0 Å². The first-order valence-electron chi connectivity index (χ1n) is 5.12. The van der Waals surface area contributed by atoms with Crippen LogP contribution in [0.5, 0.6) is 0 Å². The zero-order valence-corrected chi connectivity index (χ0v) is 12.0. The van der Waals surface area contributed by atoms with Gasteiger partial charge in [0.15, 0.2) is 0 Å². The fourth-order valence-corrected chi connectivity index (χ4v) is 2.62. The Labute approximate surface area is 110 Å². The lowest BCUT2D eigenvalue weighted by atomic mass is 9.94. The van der Waals surface area contributed by atoms with Gasteiger partial charge in [0.25, 0.3) is 0 Å². The maximum absolute atomic E-state index is 6.16. The molecule has 0 radical (unpaired) electrons. The Morgan fingerprint density at radius 2 is 2.07 bits per heavy atom. The van der Waals surface area contributed by atoms with Gasteiger partial charge in [0.1, 0.15) is 0 Å². The quantitative estimate of drug-likeness (QED) is 0.662. The standard InChI is InChI=1S/C12H15BrCl2/c1-3-9(8(2)14)6-10-4-5-11(13)7-12(10)15/h4-5,7-9H,3,6H2,1-2H3. The van der Waals surface area contributed by atoms with Crippen molar-refractivity contribution in [2.75, 3.05) is 0 Å². The zero-order chi connectivity index (χ0) is 11.4. The van der Waals surface area contributed by atoms with Crippen LogP contribution in [0.15, 0.2) is 22.7 Å². The van der Waals surface area contributed by atoms with Crippen LogP contribution in [0.3, 0.4) is 0 Å². The molecule has 84 valence electrons. The number of alkyl halides is 1. The van der Waals surface area contributed by atoms with Gasteiger partial charge in [0.2, 0.25) is 0 Å². The summed E-state index contributed by atoms with van der Waals surface area (Å²) < 4.78 is 1.02. The summed E-state index contributed by atoms with van der Waals surface area (Å²) in [6.45, 7) is 4.21. The lowest BCUT2D eigenvalue weighted by Crippen LogP contribution is -2.13. The lowest BCUT2D eigenvalue weighted by Gasteiger charge is -2.18. The molecule has 0 spiro atoms. The SMILES string of the molecule is CCC(Cc1ccc(Br)cc1Cl)C(C)Cl. The first-order chi connectivity index (χ1) is 7.04. The molecule has 15 heavy (non-hydrogen) atoms. The highest BCUT2D eigenvalue weighted by Crippen LogP contribution is 2.27. The summed E-state index contributed by atoms with van der Waals surface area (Å²) in [7, 11) is 0. The monoisotopic (exact) mass is 308 g/mol. The van der Waals surface area contributed by atoms with Gasteiger partial charge in [-0.05, 0) is 37.0 Å². The average Bonchev–Trinajstić information content (AvgIpc) is 2.16. The predicted octanol–water partition coefficient (Wildman–Crippen LogP) is 5.30. The average molecular weight is 310 g/mol. The molecule has 2 unspecified atom stereocenters. The summed E-state index contributed by atoms with van der Waals surface area (Å²) >= 11 is 15.7.